The molecule has 2 fully saturated rings. The molecule has 0 aliphatic heterocycles. The Morgan fingerprint density at radius 3 is 2.42 bits per heavy atom. The van der Waals surface area contributed by atoms with E-state index in [1.807, 2.05) is 13.0 Å². The number of aromatic nitrogens is 2. The van der Waals surface area contributed by atoms with Gasteiger partial charge in [0, 0.05) is 25.1 Å². The number of rotatable bonds is 4. The molecule has 9 nitrogen and oxygen atoms in total. The van der Waals surface area contributed by atoms with Crippen LogP contribution in [0.1, 0.15) is 51.0 Å². The Labute approximate surface area is 175 Å². The van der Waals surface area contributed by atoms with E-state index in [-0.39, 0.29) is 28.9 Å². The minimum absolute atomic E-state index is 0.0390. The van der Waals surface area contributed by atoms with Crippen LogP contribution in [-0.4, -0.2) is 45.6 Å². The first-order chi connectivity index (χ1) is 14.5. The van der Waals surface area contributed by atoms with Gasteiger partial charge in [-0.05, 0) is 26.2 Å². The first-order valence-electron chi connectivity index (χ1n) is 9.89. The van der Waals surface area contributed by atoms with E-state index in [9.17, 15) is 28.0 Å². The first-order valence-corrected chi connectivity index (χ1v) is 9.89. The lowest BCUT2D eigenvalue weighted by Gasteiger charge is -2.57. The highest BCUT2D eigenvalue weighted by Gasteiger charge is 2.55. The Hall–Kier alpha value is -2.81. The van der Waals surface area contributed by atoms with E-state index in [2.05, 4.69) is 10.3 Å². The van der Waals surface area contributed by atoms with Gasteiger partial charge in [0.05, 0.1) is 6.10 Å². The van der Waals surface area contributed by atoms with E-state index in [4.69, 9.17) is 14.6 Å². The number of nitrogens with one attached hydrogen (secondary N) is 2. The highest BCUT2D eigenvalue weighted by atomic mass is 19.4. The van der Waals surface area contributed by atoms with Gasteiger partial charge in [0.25, 0.3) is 5.56 Å². The van der Waals surface area contributed by atoms with E-state index in [1.165, 1.54) is 26.3 Å². The van der Waals surface area contributed by atoms with Crippen molar-refractivity contribution in [3.05, 3.63) is 26.4 Å². The fourth-order valence-electron chi connectivity index (χ4n) is 4.27. The van der Waals surface area contributed by atoms with Gasteiger partial charge in [0.2, 0.25) is 0 Å². The number of hydrogen-bond donors (Lipinski definition) is 3. The van der Waals surface area contributed by atoms with Gasteiger partial charge >= 0.3 is 17.8 Å². The third kappa shape index (κ3) is 5.10. The number of hydrogen-bond acceptors (Lipinski definition) is 6. The number of H-pyrrole nitrogens is 1. The molecule has 2 aliphatic carbocycles. The summed E-state index contributed by atoms with van der Waals surface area (Å²) in [6.07, 6.45) is 1.68. The van der Waals surface area contributed by atoms with E-state index < -0.39 is 23.4 Å². The second-order valence-corrected chi connectivity index (χ2v) is 7.63. The Balaban J connectivity index is 0.000000423. The summed E-state index contributed by atoms with van der Waals surface area (Å²) in [5.74, 6) is -2.51. The zero-order valence-corrected chi connectivity index (χ0v) is 17.2. The van der Waals surface area contributed by atoms with Gasteiger partial charge in [-0.25, -0.2) is 9.59 Å². The highest BCUT2D eigenvalue weighted by molar-refractivity contribution is 5.73. The van der Waals surface area contributed by atoms with Crippen molar-refractivity contribution in [1.82, 2.24) is 9.55 Å². The van der Waals surface area contributed by atoms with E-state index >= 15 is 0 Å². The maximum Gasteiger partial charge on any atom is 0.490 e. The summed E-state index contributed by atoms with van der Waals surface area (Å²) >= 11 is 0. The van der Waals surface area contributed by atoms with Gasteiger partial charge in [0.1, 0.15) is 11.9 Å². The summed E-state index contributed by atoms with van der Waals surface area (Å²) in [7, 11) is 1.36. The number of anilines is 1. The number of carbonyl (C=O) groups is 1. The smallest absolute Gasteiger partial charge is 0.475 e. The van der Waals surface area contributed by atoms with E-state index in [1.54, 1.807) is 0 Å². The normalized spacial score (nSPS) is 21.9. The molecule has 1 spiro atoms. The fourth-order valence-corrected chi connectivity index (χ4v) is 4.27. The Morgan fingerprint density at radius 2 is 1.94 bits per heavy atom. The molecule has 0 radical (unpaired) electrons. The van der Waals surface area contributed by atoms with Gasteiger partial charge in [-0.3, -0.25) is 14.3 Å². The average molecular weight is 446 g/mol. The molecule has 1 aromatic rings. The Morgan fingerprint density at radius 1 is 1.35 bits per heavy atom. The van der Waals surface area contributed by atoms with Crippen molar-refractivity contribution in [2.45, 2.75) is 63.8 Å². The molecule has 2 saturated carbocycles. The lowest BCUT2D eigenvalue weighted by Crippen LogP contribution is -2.62. The molecule has 31 heavy (non-hydrogen) atoms. The van der Waals surface area contributed by atoms with Gasteiger partial charge in [-0.15, -0.1) is 0 Å². The first kappa shape index (κ1) is 24.5. The average Bonchev–Trinajstić information content (AvgIpc) is 2.72. The molecule has 12 heteroatoms. The molecule has 1 heterocycles. The topological polar surface area (TPSA) is 137 Å². The predicted octanol–water partition coefficient (Wildman–Crippen LogP) is 2.12. The summed E-state index contributed by atoms with van der Waals surface area (Å²) in [5, 5.41) is 19.7. The zero-order valence-electron chi connectivity index (χ0n) is 17.2. The number of aromatic amines is 1. The molecule has 3 rings (SSSR count). The minimum Gasteiger partial charge on any atom is -0.475 e. The standard InChI is InChI=1S/C17H24N4O3.C2HF3O2/c1-3-24-13-9-12(17(13)7-5-4-6-8-17)19-14-11(10-18)15(22)21(2)16(23)20-14;3-2(4,5)1(6)7/h12-13,19H,3-9H2,1-2H3,(H,20,23);(H,6,7). The largest absolute Gasteiger partial charge is 0.490 e. The number of carboxylic acids is 1. The Kier molecular flexibility index (Phi) is 7.54. The van der Waals surface area contributed by atoms with Crippen molar-refractivity contribution in [1.29, 1.82) is 5.26 Å². The van der Waals surface area contributed by atoms with Gasteiger partial charge in [-0.2, -0.15) is 18.4 Å². The molecule has 2 unspecified atom stereocenters. The van der Waals surface area contributed by atoms with Crippen LogP contribution in [-0.2, 0) is 16.6 Å². The summed E-state index contributed by atoms with van der Waals surface area (Å²) < 4.78 is 38.6. The molecule has 0 saturated heterocycles. The molecule has 2 atom stereocenters. The third-order valence-corrected chi connectivity index (χ3v) is 5.92. The molecule has 2 aliphatic rings. The number of alkyl halides is 3. The molecule has 0 aromatic carbocycles. The number of aliphatic carboxylic acids is 1. The third-order valence-electron chi connectivity index (χ3n) is 5.92. The number of nitriles is 1. The molecular formula is C19H25F3N4O5. The lowest BCUT2D eigenvalue weighted by molar-refractivity contribution is -0.192. The van der Waals surface area contributed by atoms with E-state index in [0.717, 1.165) is 23.8 Å². The number of ether oxygens (including phenoxy) is 1. The number of nitrogens with zero attached hydrogens (tertiary/aromatic N) is 2. The van der Waals surface area contributed by atoms with Crippen LogP contribution in [0.3, 0.4) is 0 Å². The molecule has 3 N–H and O–H groups in total. The summed E-state index contributed by atoms with van der Waals surface area (Å²) in [6, 6.07) is 2.03. The molecule has 172 valence electrons. The van der Waals surface area contributed by atoms with Crippen LogP contribution in [0.2, 0.25) is 0 Å². The van der Waals surface area contributed by atoms with Crippen molar-refractivity contribution in [3.63, 3.8) is 0 Å². The van der Waals surface area contributed by atoms with Crippen LogP contribution in [0.5, 0.6) is 0 Å². The Bertz CT molecular complexity index is 957. The quantitative estimate of drug-likeness (QED) is 0.644. The van der Waals surface area contributed by atoms with Crippen LogP contribution in [0.25, 0.3) is 0 Å². The van der Waals surface area contributed by atoms with Crippen LogP contribution in [0.15, 0.2) is 9.59 Å². The summed E-state index contributed by atoms with van der Waals surface area (Å²) in [6.45, 7) is 2.69. The highest BCUT2D eigenvalue weighted by Crippen LogP contribution is 2.54. The van der Waals surface area contributed by atoms with Gasteiger partial charge in [-0.1, -0.05) is 19.3 Å². The number of halogens is 3. The van der Waals surface area contributed by atoms with Crippen LogP contribution >= 0.6 is 0 Å². The lowest BCUT2D eigenvalue weighted by atomic mass is 9.55. The van der Waals surface area contributed by atoms with Crippen molar-refractivity contribution < 1.29 is 27.8 Å². The summed E-state index contributed by atoms with van der Waals surface area (Å²) in [4.78, 5) is 35.5. The van der Waals surface area contributed by atoms with Gasteiger partial charge < -0.3 is 15.2 Å². The molecular weight excluding hydrogens is 421 g/mol. The van der Waals surface area contributed by atoms with E-state index in [0.29, 0.717) is 6.61 Å². The molecule has 0 amide bonds. The van der Waals surface area contributed by atoms with Crippen molar-refractivity contribution in [3.8, 4) is 6.07 Å². The maximum atomic E-state index is 12.1. The van der Waals surface area contributed by atoms with Crippen molar-refractivity contribution in [2.24, 2.45) is 12.5 Å². The SMILES string of the molecule is CCOC1CC(Nc2[nH]c(=O)n(C)c(=O)c2C#N)C12CCCCC2.O=C(O)C(F)(F)F. The van der Waals surface area contributed by atoms with Gasteiger partial charge in [0.15, 0.2) is 5.56 Å². The van der Waals surface area contributed by atoms with Crippen LogP contribution < -0.4 is 16.6 Å². The second-order valence-electron chi connectivity index (χ2n) is 7.63. The fraction of sp³-hybridized carbons (Fsp3) is 0.684. The van der Waals surface area contributed by atoms with Crippen molar-refractivity contribution in [2.75, 3.05) is 11.9 Å². The zero-order chi connectivity index (χ0) is 23.4. The van der Waals surface area contributed by atoms with Crippen molar-refractivity contribution >= 4 is 11.8 Å². The molecule has 1 aromatic heterocycles. The second kappa shape index (κ2) is 9.55. The predicted molar refractivity (Wildman–Crippen MR) is 104 cm³/mol. The summed E-state index contributed by atoms with van der Waals surface area (Å²) in [5.41, 5.74) is -1.08. The maximum absolute atomic E-state index is 12.1. The van der Waals surface area contributed by atoms with Crippen LogP contribution in [0, 0.1) is 16.7 Å². The number of carboxylic acid groups (broad SMARTS) is 1. The monoisotopic (exact) mass is 446 g/mol. The van der Waals surface area contributed by atoms with Crippen LogP contribution in [0.4, 0.5) is 19.0 Å². The molecule has 0 bridgehead atoms. The minimum atomic E-state index is -5.08.